The second-order valence-corrected chi connectivity index (χ2v) is 8.11. The van der Waals surface area contributed by atoms with Crippen LogP contribution in [0.1, 0.15) is 5.56 Å². The Morgan fingerprint density at radius 2 is 1.62 bits per heavy atom. The van der Waals surface area contributed by atoms with Gasteiger partial charge in [0.15, 0.2) is 0 Å². The molecule has 0 aliphatic heterocycles. The summed E-state index contributed by atoms with van der Waals surface area (Å²) in [7, 11) is 0.110. The molecule has 0 radical (unpaired) electrons. The number of anilines is 1. The van der Waals surface area contributed by atoms with Gasteiger partial charge in [0.2, 0.25) is 0 Å². The molecule has 1 unspecified atom stereocenters. The van der Waals surface area contributed by atoms with Gasteiger partial charge in [-0.05, 0) is 31.2 Å². The number of sulfonamides is 1. The van der Waals surface area contributed by atoms with E-state index in [9.17, 15) is 13.5 Å². The number of aliphatic hydroxyl groups excluding tert-OH is 1. The minimum Gasteiger partial charge on any atom is -0.385 e. The van der Waals surface area contributed by atoms with Crippen molar-refractivity contribution in [2.24, 2.45) is 0 Å². The van der Waals surface area contributed by atoms with Crippen LogP contribution < -0.4 is 9.21 Å². The minimum atomic E-state index is -3.73. The van der Waals surface area contributed by atoms with Crippen LogP contribution in [0.4, 0.5) is 5.69 Å². The number of nitrogens with zero attached hydrogens (tertiary/aromatic N) is 1. The van der Waals surface area contributed by atoms with Crippen molar-refractivity contribution in [1.29, 1.82) is 0 Å². The Hall–Kier alpha value is -1.89. The molecule has 1 atom stereocenters. The van der Waals surface area contributed by atoms with Crippen molar-refractivity contribution in [3.05, 3.63) is 60.2 Å². The number of rotatable bonds is 7. The largest absolute Gasteiger partial charge is 0.385 e. The summed E-state index contributed by atoms with van der Waals surface area (Å²) in [4.78, 5) is 1.28. The van der Waals surface area contributed by atoms with E-state index in [0.29, 0.717) is 12.2 Å². The molecule has 0 heterocycles. The van der Waals surface area contributed by atoms with Gasteiger partial charge in [-0.25, -0.2) is 8.42 Å². The van der Waals surface area contributed by atoms with E-state index in [1.54, 1.807) is 42.5 Å². The van der Waals surface area contributed by atoms with E-state index in [1.807, 2.05) is 33.2 Å². The van der Waals surface area contributed by atoms with Crippen LogP contribution in [0.5, 0.6) is 0 Å². The van der Waals surface area contributed by atoms with Crippen LogP contribution in [-0.4, -0.2) is 46.8 Å². The van der Waals surface area contributed by atoms with E-state index in [2.05, 4.69) is 0 Å². The topological polar surface area (TPSA) is 62.1 Å². The van der Waals surface area contributed by atoms with Crippen molar-refractivity contribution in [3.8, 4) is 0 Å². The zero-order valence-electron chi connectivity index (χ0n) is 14.3. The molecule has 0 aromatic heterocycles. The molecule has 2 rings (SSSR count). The average Bonchev–Trinajstić information content (AvgIpc) is 2.54. The maximum atomic E-state index is 13.0. The van der Waals surface area contributed by atoms with Gasteiger partial charge >= 0.3 is 0 Å². The predicted octanol–water partition coefficient (Wildman–Crippen LogP) is 0.696. The monoisotopic (exact) mass is 349 g/mol. The van der Waals surface area contributed by atoms with Gasteiger partial charge in [0, 0.05) is 0 Å². The predicted molar refractivity (Wildman–Crippen MR) is 95.8 cm³/mol. The van der Waals surface area contributed by atoms with Crippen LogP contribution >= 0.6 is 0 Å². The number of aryl methyl sites for hydroxylation is 1. The average molecular weight is 349 g/mol. The molecule has 0 aliphatic rings. The highest BCUT2D eigenvalue weighted by molar-refractivity contribution is 7.92. The highest BCUT2D eigenvalue weighted by Gasteiger charge is 2.27. The summed E-state index contributed by atoms with van der Waals surface area (Å²) in [5.74, 6) is 0. The third kappa shape index (κ3) is 4.56. The van der Waals surface area contributed by atoms with Crippen molar-refractivity contribution in [3.63, 3.8) is 0 Å². The molecule has 0 spiro atoms. The molecule has 0 bridgehead atoms. The third-order valence-corrected chi connectivity index (χ3v) is 5.48. The summed E-state index contributed by atoms with van der Waals surface area (Å²) in [6.07, 6.45) is -0.755. The molecule has 0 aliphatic carbocycles. The van der Waals surface area contributed by atoms with Gasteiger partial charge in [-0.1, -0.05) is 35.9 Å². The lowest BCUT2D eigenvalue weighted by atomic mass is 10.2. The summed E-state index contributed by atoms with van der Waals surface area (Å²) in [5, 5.41) is 10.3. The Morgan fingerprint density at radius 1 is 1.04 bits per heavy atom. The molecule has 24 heavy (non-hydrogen) atoms. The van der Waals surface area contributed by atoms with Crippen molar-refractivity contribution in [2.75, 3.05) is 31.5 Å². The Kier molecular flexibility index (Phi) is 5.99. The minimum absolute atomic E-state index is 0.0193. The number of hydrogen-bond acceptors (Lipinski definition) is 3. The summed E-state index contributed by atoms with van der Waals surface area (Å²) in [5.41, 5.74) is 1.60. The molecule has 5 nitrogen and oxygen atoms in total. The summed E-state index contributed by atoms with van der Waals surface area (Å²) in [6, 6.07) is 15.6. The Labute approximate surface area is 144 Å². The fourth-order valence-electron chi connectivity index (χ4n) is 2.50. The summed E-state index contributed by atoms with van der Waals surface area (Å²) >= 11 is 0. The second kappa shape index (κ2) is 7.79. The standard InChI is InChI=1S/C18H24N2O3S/c1-15-9-11-16(12-10-15)20(14-17(21)13-19(2)3)24(22,23)18-7-5-4-6-8-18/h4-12,17,21H,13-14H2,1-3H3/p+1. The van der Waals surface area contributed by atoms with Crippen LogP contribution in [0.3, 0.4) is 0 Å². The van der Waals surface area contributed by atoms with Gasteiger partial charge in [0.1, 0.15) is 12.6 Å². The number of nitrogens with one attached hydrogen (secondary N) is 1. The fourth-order valence-corrected chi connectivity index (χ4v) is 4.02. The zero-order chi connectivity index (χ0) is 17.7. The third-order valence-electron chi connectivity index (χ3n) is 3.67. The first kappa shape index (κ1) is 18.4. The van der Waals surface area contributed by atoms with Crippen LogP contribution in [0.25, 0.3) is 0 Å². The number of aliphatic hydroxyl groups is 1. The Bertz CT molecular complexity index is 744. The van der Waals surface area contributed by atoms with E-state index in [1.165, 1.54) is 4.31 Å². The number of quaternary nitrogens is 1. The fraction of sp³-hybridized carbons (Fsp3) is 0.333. The van der Waals surface area contributed by atoms with Crippen molar-refractivity contribution in [2.45, 2.75) is 17.9 Å². The Balaban J connectivity index is 2.40. The van der Waals surface area contributed by atoms with E-state index < -0.39 is 16.1 Å². The molecule has 0 fully saturated rings. The van der Waals surface area contributed by atoms with Gasteiger partial charge < -0.3 is 10.0 Å². The first-order chi connectivity index (χ1) is 11.3. The number of hydrogen-bond donors (Lipinski definition) is 2. The maximum Gasteiger partial charge on any atom is 0.264 e. The van der Waals surface area contributed by atoms with E-state index in [-0.39, 0.29) is 11.4 Å². The summed E-state index contributed by atoms with van der Waals surface area (Å²) in [6.45, 7) is 2.43. The highest BCUT2D eigenvalue weighted by Crippen LogP contribution is 2.24. The van der Waals surface area contributed by atoms with Crippen molar-refractivity contribution >= 4 is 15.7 Å². The molecule has 6 heteroatoms. The first-order valence-electron chi connectivity index (χ1n) is 7.92. The van der Waals surface area contributed by atoms with Gasteiger partial charge in [0.05, 0.1) is 31.2 Å². The highest BCUT2D eigenvalue weighted by atomic mass is 32.2. The molecule has 0 saturated carbocycles. The SMILES string of the molecule is Cc1ccc(N(CC(O)C[NH+](C)C)S(=O)(=O)c2ccccc2)cc1. The van der Waals surface area contributed by atoms with Crippen molar-refractivity contribution in [1.82, 2.24) is 0 Å². The molecule has 130 valence electrons. The normalized spacial score (nSPS) is 13.0. The lowest BCUT2D eigenvalue weighted by Gasteiger charge is -2.27. The molecule has 0 amide bonds. The summed E-state index contributed by atoms with van der Waals surface area (Å²) < 4.78 is 27.4. The van der Waals surface area contributed by atoms with Crippen LogP contribution in [0.2, 0.25) is 0 Å². The molecule has 2 N–H and O–H groups in total. The van der Waals surface area contributed by atoms with Crippen LogP contribution in [-0.2, 0) is 10.0 Å². The lowest BCUT2D eigenvalue weighted by Crippen LogP contribution is -3.07. The molecular weight excluding hydrogens is 324 g/mol. The second-order valence-electron chi connectivity index (χ2n) is 6.25. The maximum absolute atomic E-state index is 13.0. The van der Waals surface area contributed by atoms with Crippen LogP contribution in [0, 0.1) is 6.92 Å². The van der Waals surface area contributed by atoms with Gasteiger partial charge in [-0.2, -0.15) is 0 Å². The number of benzene rings is 2. The van der Waals surface area contributed by atoms with Gasteiger partial charge in [-0.15, -0.1) is 0 Å². The molecule has 2 aromatic rings. The zero-order valence-corrected chi connectivity index (χ0v) is 15.1. The first-order valence-corrected chi connectivity index (χ1v) is 9.36. The number of likely N-dealkylation sites (N-methyl/N-ethyl adjacent to an activating group) is 1. The van der Waals surface area contributed by atoms with Crippen LogP contribution in [0.15, 0.2) is 59.5 Å². The Morgan fingerprint density at radius 3 is 2.17 bits per heavy atom. The van der Waals surface area contributed by atoms with E-state index >= 15 is 0 Å². The van der Waals surface area contributed by atoms with E-state index in [4.69, 9.17) is 0 Å². The molecule has 2 aromatic carbocycles. The van der Waals surface area contributed by atoms with Gasteiger partial charge in [0.25, 0.3) is 10.0 Å². The van der Waals surface area contributed by atoms with Gasteiger partial charge in [-0.3, -0.25) is 4.31 Å². The lowest BCUT2D eigenvalue weighted by molar-refractivity contribution is -0.861. The quantitative estimate of drug-likeness (QED) is 0.773. The molecular formula is C18H25N2O3S+. The van der Waals surface area contributed by atoms with E-state index in [0.717, 1.165) is 10.5 Å². The smallest absolute Gasteiger partial charge is 0.264 e. The molecule has 0 saturated heterocycles. The van der Waals surface area contributed by atoms with Crippen molar-refractivity contribution < 1.29 is 18.4 Å².